The molecule has 0 radical (unpaired) electrons. The molecule has 2 aromatic rings. The number of aromatic nitrogens is 2. The lowest BCUT2D eigenvalue weighted by Gasteiger charge is -2.46. The van der Waals surface area contributed by atoms with E-state index in [2.05, 4.69) is 45.3 Å². The summed E-state index contributed by atoms with van der Waals surface area (Å²) in [6.45, 7) is 0.153. The van der Waals surface area contributed by atoms with Crippen LogP contribution in [0.4, 0.5) is 4.79 Å². The van der Waals surface area contributed by atoms with E-state index < -0.39 is 5.54 Å². The number of carbonyl (C=O) groups excluding carboxylic acids is 2. The Kier molecular flexibility index (Phi) is 4.96. The molecule has 1 saturated heterocycles. The van der Waals surface area contributed by atoms with Crippen LogP contribution in [-0.2, 0) is 28.0 Å². The molecule has 1 N–H and O–H groups in total. The van der Waals surface area contributed by atoms with Crippen LogP contribution in [0.5, 0.6) is 0 Å². The average Bonchev–Trinajstić information content (AvgIpc) is 3.62. The van der Waals surface area contributed by atoms with Crippen LogP contribution in [0.1, 0.15) is 60.8 Å². The van der Waals surface area contributed by atoms with Crippen molar-refractivity contribution >= 4 is 11.9 Å². The number of benzene rings is 1. The highest BCUT2D eigenvalue weighted by Crippen LogP contribution is 2.60. The molecule has 2 saturated carbocycles. The molecule has 1 atom stereocenters. The molecule has 7 nitrogen and oxygen atoms in total. The molecule has 7 heteroatoms. The van der Waals surface area contributed by atoms with Crippen LogP contribution < -0.4 is 5.32 Å². The van der Waals surface area contributed by atoms with Crippen LogP contribution in [0.3, 0.4) is 0 Å². The van der Waals surface area contributed by atoms with Gasteiger partial charge < -0.3 is 10.1 Å². The first-order chi connectivity index (χ1) is 16.5. The monoisotopic (exact) mass is 456 g/mol. The van der Waals surface area contributed by atoms with Crippen molar-refractivity contribution in [3.8, 4) is 11.8 Å². The van der Waals surface area contributed by atoms with Gasteiger partial charge in [-0.15, -0.1) is 0 Å². The first kappa shape index (κ1) is 21.3. The lowest BCUT2D eigenvalue weighted by Crippen LogP contribution is -2.56. The van der Waals surface area contributed by atoms with Gasteiger partial charge in [0.15, 0.2) is 5.54 Å². The summed E-state index contributed by atoms with van der Waals surface area (Å²) in [6, 6.07) is 5.86. The highest BCUT2D eigenvalue weighted by molar-refractivity contribution is 6.08. The van der Waals surface area contributed by atoms with E-state index in [0.29, 0.717) is 5.92 Å². The maximum atomic E-state index is 14.3. The molecular formula is C27H28N4O3. The first-order valence-electron chi connectivity index (χ1n) is 12.1. The van der Waals surface area contributed by atoms with Gasteiger partial charge in [-0.25, -0.2) is 14.8 Å². The summed E-state index contributed by atoms with van der Waals surface area (Å²) in [6.07, 6.45) is 11.4. The molecule has 4 aliphatic rings. The third kappa shape index (κ3) is 3.24. The zero-order chi connectivity index (χ0) is 23.3. The molecule has 1 aliphatic heterocycles. The molecule has 1 unspecified atom stereocenters. The Labute approximate surface area is 199 Å². The van der Waals surface area contributed by atoms with Gasteiger partial charge in [0.25, 0.3) is 5.91 Å². The minimum absolute atomic E-state index is 0.153. The molecule has 3 fully saturated rings. The molecule has 2 heterocycles. The summed E-state index contributed by atoms with van der Waals surface area (Å²) >= 11 is 0. The molecule has 3 aliphatic carbocycles. The Morgan fingerprint density at radius 2 is 1.91 bits per heavy atom. The highest BCUT2D eigenvalue weighted by Gasteiger charge is 2.68. The normalized spacial score (nSPS) is 29.8. The van der Waals surface area contributed by atoms with Gasteiger partial charge in [0.05, 0.1) is 12.6 Å². The molecule has 0 bridgehead atoms. The van der Waals surface area contributed by atoms with Crippen LogP contribution >= 0.6 is 0 Å². The van der Waals surface area contributed by atoms with E-state index in [-0.39, 0.29) is 30.0 Å². The third-order valence-electron chi connectivity index (χ3n) is 8.12. The van der Waals surface area contributed by atoms with Gasteiger partial charge in [-0.1, -0.05) is 17.9 Å². The molecule has 34 heavy (non-hydrogen) atoms. The number of fused-ring (bicyclic) bond motifs is 3. The smallest absolute Gasteiger partial charge is 0.325 e. The topological polar surface area (TPSA) is 84.4 Å². The van der Waals surface area contributed by atoms with Crippen LogP contribution in [0.15, 0.2) is 36.9 Å². The van der Waals surface area contributed by atoms with Gasteiger partial charge in [-0.05, 0) is 68.2 Å². The summed E-state index contributed by atoms with van der Waals surface area (Å²) in [5, 5.41) is 3.21. The second-order valence-corrected chi connectivity index (χ2v) is 10.1. The number of urea groups is 1. The molecule has 3 amide bonds. The molecule has 2 spiro atoms. The van der Waals surface area contributed by atoms with Crippen molar-refractivity contribution in [2.45, 2.75) is 63.1 Å². The molecule has 1 aromatic heterocycles. The fourth-order valence-electron chi connectivity index (χ4n) is 6.14. The van der Waals surface area contributed by atoms with Crippen molar-refractivity contribution < 1.29 is 14.3 Å². The molecular weight excluding hydrogens is 428 g/mol. The van der Waals surface area contributed by atoms with Crippen LogP contribution in [0.2, 0.25) is 0 Å². The second kappa shape index (κ2) is 7.92. The number of rotatable bonds is 3. The number of nitrogens with one attached hydrogen (secondary N) is 1. The minimum Gasteiger partial charge on any atom is -0.381 e. The van der Waals surface area contributed by atoms with E-state index in [1.807, 2.05) is 0 Å². The molecule has 1 aromatic carbocycles. The first-order valence-corrected chi connectivity index (χ1v) is 12.1. The lowest BCUT2D eigenvalue weighted by molar-refractivity contribution is -0.139. The predicted octanol–water partition coefficient (Wildman–Crippen LogP) is 3.32. The van der Waals surface area contributed by atoms with E-state index in [1.165, 1.54) is 24.1 Å². The van der Waals surface area contributed by atoms with Crippen LogP contribution in [0, 0.1) is 23.2 Å². The fourth-order valence-corrected chi connectivity index (χ4v) is 6.14. The number of methoxy groups -OCH3 is 1. The largest absolute Gasteiger partial charge is 0.381 e. The number of amides is 3. The molecule has 6 rings (SSSR count). The van der Waals surface area contributed by atoms with Crippen molar-refractivity contribution in [3.63, 3.8) is 0 Å². The SMILES string of the molecule is COC1CCC2(CC1)Cc1ccc(C#CC3CC3)cc1C21NC(=O)N(Cc2cncnc2)C1=O. The van der Waals surface area contributed by atoms with E-state index in [4.69, 9.17) is 4.74 Å². The number of imide groups is 1. The summed E-state index contributed by atoms with van der Waals surface area (Å²) in [4.78, 5) is 37.0. The number of hydrogen-bond acceptors (Lipinski definition) is 5. The number of hydrogen-bond donors (Lipinski definition) is 1. The van der Waals surface area contributed by atoms with E-state index in [1.54, 1.807) is 19.5 Å². The molecule has 174 valence electrons. The van der Waals surface area contributed by atoms with E-state index in [0.717, 1.165) is 54.4 Å². The Morgan fingerprint density at radius 1 is 1.15 bits per heavy atom. The maximum Gasteiger partial charge on any atom is 0.325 e. The number of nitrogens with zero attached hydrogens (tertiary/aromatic N) is 3. The summed E-state index contributed by atoms with van der Waals surface area (Å²) in [7, 11) is 1.75. The highest BCUT2D eigenvalue weighted by atomic mass is 16.5. The predicted molar refractivity (Wildman–Crippen MR) is 124 cm³/mol. The average molecular weight is 457 g/mol. The zero-order valence-electron chi connectivity index (χ0n) is 19.3. The summed E-state index contributed by atoms with van der Waals surface area (Å²) in [5.74, 6) is 6.95. The van der Waals surface area contributed by atoms with Gasteiger partial charge in [-0.3, -0.25) is 9.69 Å². The summed E-state index contributed by atoms with van der Waals surface area (Å²) in [5.41, 5.74) is 2.22. The van der Waals surface area contributed by atoms with Gasteiger partial charge in [0.2, 0.25) is 0 Å². The summed E-state index contributed by atoms with van der Waals surface area (Å²) < 4.78 is 5.63. The number of ether oxygens (including phenoxy) is 1. The minimum atomic E-state index is -1.08. The lowest BCUT2D eigenvalue weighted by atomic mass is 9.61. The second-order valence-electron chi connectivity index (χ2n) is 10.1. The standard InChI is InChI=1S/C27H28N4O3/c1-34-22-8-10-26(11-9-22)13-21-7-6-19(5-4-18-2-3-18)12-23(21)27(26)24(32)31(25(33)30-27)16-20-14-28-17-29-15-20/h6-7,12,14-15,17-18,22H,2-3,8-11,13,16H2,1H3,(H,30,33). The zero-order valence-corrected chi connectivity index (χ0v) is 19.3. The van der Waals surface area contributed by atoms with Crippen molar-refractivity contribution in [1.82, 2.24) is 20.2 Å². The Bertz CT molecular complexity index is 1210. The van der Waals surface area contributed by atoms with E-state index >= 15 is 0 Å². The van der Waals surface area contributed by atoms with Crippen molar-refractivity contribution in [3.05, 3.63) is 59.2 Å². The van der Waals surface area contributed by atoms with Crippen LogP contribution in [-0.4, -0.2) is 40.0 Å². The van der Waals surface area contributed by atoms with Crippen molar-refractivity contribution in [2.75, 3.05) is 7.11 Å². The Morgan fingerprint density at radius 3 is 2.62 bits per heavy atom. The van der Waals surface area contributed by atoms with Crippen molar-refractivity contribution in [1.29, 1.82) is 0 Å². The van der Waals surface area contributed by atoms with Crippen molar-refractivity contribution in [2.24, 2.45) is 11.3 Å². The fraction of sp³-hybridized carbons (Fsp3) is 0.481. The quantitative estimate of drug-likeness (QED) is 0.566. The van der Waals surface area contributed by atoms with Gasteiger partial charge in [0, 0.05) is 42.0 Å². The Hall–Kier alpha value is -3.24. The maximum absolute atomic E-state index is 14.3. The van der Waals surface area contributed by atoms with Gasteiger partial charge in [-0.2, -0.15) is 0 Å². The number of carbonyl (C=O) groups is 2. The van der Waals surface area contributed by atoms with Gasteiger partial charge >= 0.3 is 6.03 Å². The van der Waals surface area contributed by atoms with Gasteiger partial charge in [0.1, 0.15) is 6.33 Å². The third-order valence-corrected chi connectivity index (χ3v) is 8.12. The Balaban J connectivity index is 1.43. The van der Waals surface area contributed by atoms with E-state index in [9.17, 15) is 9.59 Å². The van der Waals surface area contributed by atoms with Crippen LogP contribution in [0.25, 0.3) is 0 Å².